The molecule has 0 amide bonds. The van der Waals surface area contributed by atoms with Crippen molar-refractivity contribution in [2.45, 2.75) is 6.54 Å². The van der Waals surface area contributed by atoms with Gasteiger partial charge in [-0.2, -0.15) is 0 Å². The molecule has 0 saturated heterocycles. The topological polar surface area (TPSA) is 59.3 Å². The van der Waals surface area contributed by atoms with Crippen LogP contribution in [0.4, 0.5) is 5.69 Å². The second-order valence-corrected chi connectivity index (χ2v) is 4.88. The lowest BCUT2D eigenvalue weighted by Gasteiger charge is -2.10. The largest absolute Gasteiger partial charge is 0.504 e. The van der Waals surface area contributed by atoms with Crippen molar-refractivity contribution >= 4 is 16.7 Å². The van der Waals surface area contributed by atoms with Crippen LogP contribution >= 0.6 is 0 Å². The second-order valence-electron chi connectivity index (χ2n) is 4.88. The summed E-state index contributed by atoms with van der Waals surface area (Å²) in [6, 6.07) is 11.5. The first-order valence-electron chi connectivity index (χ1n) is 6.69. The van der Waals surface area contributed by atoms with E-state index < -0.39 is 0 Å². The fraction of sp³-hybridized carbons (Fsp3) is 0.188. The molecule has 0 aliphatic rings. The highest BCUT2D eigenvalue weighted by molar-refractivity contribution is 5.79. The van der Waals surface area contributed by atoms with Gasteiger partial charge in [-0.05, 0) is 24.3 Å². The maximum Gasteiger partial charge on any atom is 0.162 e. The maximum absolute atomic E-state index is 10.1. The third-order valence-corrected chi connectivity index (χ3v) is 3.51. The number of benzene rings is 2. The molecule has 0 saturated carbocycles. The van der Waals surface area contributed by atoms with E-state index in [2.05, 4.69) is 10.3 Å². The van der Waals surface area contributed by atoms with Crippen LogP contribution in [0.1, 0.15) is 5.56 Å². The third-order valence-electron chi connectivity index (χ3n) is 3.51. The monoisotopic (exact) mass is 283 g/mol. The number of para-hydroxylation sites is 1. The normalized spacial score (nSPS) is 10.8. The number of aromatic hydroxyl groups is 1. The smallest absolute Gasteiger partial charge is 0.162 e. The van der Waals surface area contributed by atoms with E-state index in [1.54, 1.807) is 19.5 Å². The standard InChI is InChI=1S/C16H17N3O2/c1-19-10-18-13-8-12(6-7-14(13)19)17-9-11-4-3-5-15(21-2)16(11)20/h3-8,10,17,20H,9H2,1-2H3. The number of phenolic OH excluding ortho intramolecular Hbond substituents is 1. The zero-order valence-electron chi connectivity index (χ0n) is 12.0. The van der Waals surface area contributed by atoms with Gasteiger partial charge in [0.05, 0.1) is 24.5 Å². The summed E-state index contributed by atoms with van der Waals surface area (Å²) in [5.74, 6) is 0.654. The summed E-state index contributed by atoms with van der Waals surface area (Å²) < 4.78 is 7.09. The van der Waals surface area contributed by atoms with Crippen molar-refractivity contribution in [1.29, 1.82) is 0 Å². The first-order valence-corrected chi connectivity index (χ1v) is 6.69. The van der Waals surface area contributed by atoms with Gasteiger partial charge in [0.15, 0.2) is 11.5 Å². The van der Waals surface area contributed by atoms with Crippen molar-refractivity contribution in [3.05, 3.63) is 48.3 Å². The fourth-order valence-electron chi connectivity index (χ4n) is 2.32. The van der Waals surface area contributed by atoms with Crippen LogP contribution in [0.2, 0.25) is 0 Å². The Morgan fingerprint density at radius 1 is 1.29 bits per heavy atom. The van der Waals surface area contributed by atoms with E-state index in [-0.39, 0.29) is 5.75 Å². The summed E-state index contributed by atoms with van der Waals surface area (Å²) in [5.41, 5.74) is 3.78. The predicted molar refractivity (Wildman–Crippen MR) is 82.7 cm³/mol. The van der Waals surface area contributed by atoms with Crippen LogP contribution < -0.4 is 10.1 Å². The van der Waals surface area contributed by atoms with Gasteiger partial charge >= 0.3 is 0 Å². The number of hydrogen-bond donors (Lipinski definition) is 2. The second kappa shape index (κ2) is 5.36. The molecule has 1 heterocycles. The molecule has 5 heteroatoms. The van der Waals surface area contributed by atoms with Crippen LogP contribution in [-0.4, -0.2) is 21.8 Å². The lowest BCUT2D eigenvalue weighted by Crippen LogP contribution is -2.00. The molecule has 0 aliphatic carbocycles. The van der Waals surface area contributed by atoms with Gasteiger partial charge in [0.2, 0.25) is 0 Å². The van der Waals surface area contributed by atoms with E-state index in [1.807, 2.05) is 41.9 Å². The van der Waals surface area contributed by atoms with E-state index in [0.717, 1.165) is 22.3 Å². The average molecular weight is 283 g/mol. The number of aryl methyl sites for hydroxylation is 1. The molecule has 5 nitrogen and oxygen atoms in total. The molecule has 1 aromatic heterocycles. The molecular weight excluding hydrogens is 266 g/mol. The van der Waals surface area contributed by atoms with Gasteiger partial charge in [-0.3, -0.25) is 0 Å². The quantitative estimate of drug-likeness (QED) is 0.773. The molecule has 0 aliphatic heterocycles. The van der Waals surface area contributed by atoms with E-state index in [0.29, 0.717) is 12.3 Å². The summed E-state index contributed by atoms with van der Waals surface area (Å²) in [4.78, 5) is 4.33. The van der Waals surface area contributed by atoms with E-state index in [9.17, 15) is 5.11 Å². The summed E-state index contributed by atoms with van der Waals surface area (Å²) in [7, 11) is 3.51. The van der Waals surface area contributed by atoms with Gasteiger partial charge in [-0.15, -0.1) is 0 Å². The minimum atomic E-state index is 0.173. The number of fused-ring (bicyclic) bond motifs is 1. The molecule has 108 valence electrons. The van der Waals surface area contributed by atoms with E-state index >= 15 is 0 Å². The molecule has 0 atom stereocenters. The van der Waals surface area contributed by atoms with Gasteiger partial charge in [-0.25, -0.2) is 4.98 Å². The molecule has 2 aromatic carbocycles. The zero-order valence-corrected chi connectivity index (χ0v) is 12.0. The minimum Gasteiger partial charge on any atom is -0.504 e. The third kappa shape index (κ3) is 2.50. The highest BCUT2D eigenvalue weighted by atomic mass is 16.5. The number of ether oxygens (including phenoxy) is 1. The first-order chi connectivity index (χ1) is 10.2. The van der Waals surface area contributed by atoms with Crippen LogP contribution in [0.15, 0.2) is 42.7 Å². The molecule has 3 aromatic rings. The van der Waals surface area contributed by atoms with Crippen molar-refractivity contribution < 1.29 is 9.84 Å². The summed E-state index contributed by atoms with van der Waals surface area (Å²) >= 11 is 0. The lowest BCUT2D eigenvalue weighted by molar-refractivity contribution is 0.371. The van der Waals surface area contributed by atoms with Gasteiger partial charge in [0, 0.05) is 24.8 Å². The van der Waals surface area contributed by atoms with Crippen LogP contribution in [0.25, 0.3) is 11.0 Å². The van der Waals surface area contributed by atoms with Crippen LogP contribution in [-0.2, 0) is 13.6 Å². The Balaban J connectivity index is 1.80. The van der Waals surface area contributed by atoms with Gasteiger partial charge in [-0.1, -0.05) is 12.1 Å². The Bertz CT molecular complexity index is 780. The van der Waals surface area contributed by atoms with Crippen molar-refractivity contribution in [3.63, 3.8) is 0 Å². The van der Waals surface area contributed by atoms with Crippen molar-refractivity contribution in [2.24, 2.45) is 7.05 Å². The lowest BCUT2D eigenvalue weighted by atomic mass is 10.1. The summed E-state index contributed by atoms with van der Waals surface area (Å²) in [5, 5.41) is 13.4. The number of imidazole rings is 1. The molecular formula is C16H17N3O2. The predicted octanol–water partition coefficient (Wildman–Crippen LogP) is 2.90. The Labute approximate surface area is 122 Å². The molecule has 0 bridgehead atoms. The van der Waals surface area contributed by atoms with E-state index in [1.165, 1.54) is 0 Å². The number of nitrogens with one attached hydrogen (secondary N) is 1. The number of aromatic nitrogens is 2. The number of anilines is 1. The number of phenols is 1. The van der Waals surface area contributed by atoms with Crippen molar-refractivity contribution in [3.8, 4) is 11.5 Å². The fourth-order valence-corrected chi connectivity index (χ4v) is 2.32. The number of nitrogens with zero attached hydrogens (tertiary/aromatic N) is 2. The number of rotatable bonds is 4. The van der Waals surface area contributed by atoms with Gasteiger partial charge < -0.3 is 19.7 Å². The minimum absolute atomic E-state index is 0.173. The number of methoxy groups -OCH3 is 1. The molecule has 3 rings (SSSR count). The SMILES string of the molecule is COc1cccc(CNc2ccc3c(c2)ncn3C)c1O. The highest BCUT2D eigenvalue weighted by Gasteiger charge is 2.07. The van der Waals surface area contributed by atoms with E-state index in [4.69, 9.17) is 4.74 Å². The van der Waals surface area contributed by atoms with Gasteiger partial charge in [0.1, 0.15) is 0 Å². The Morgan fingerprint density at radius 3 is 2.95 bits per heavy atom. The van der Waals surface area contributed by atoms with Crippen molar-refractivity contribution in [1.82, 2.24) is 9.55 Å². The first kappa shape index (κ1) is 13.3. The average Bonchev–Trinajstić information content (AvgIpc) is 2.87. The number of hydrogen-bond acceptors (Lipinski definition) is 4. The molecule has 0 fully saturated rings. The molecule has 21 heavy (non-hydrogen) atoms. The van der Waals surface area contributed by atoms with Gasteiger partial charge in [0.25, 0.3) is 0 Å². The summed E-state index contributed by atoms with van der Waals surface area (Å²) in [6.45, 7) is 0.515. The molecule has 0 radical (unpaired) electrons. The molecule has 0 unspecified atom stereocenters. The molecule has 2 N–H and O–H groups in total. The summed E-state index contributed by atoms with van der Waals surface area (Å²) in [6.07, 6.45) is 1.79. The Morgan fingerprint density at radius 2 is 2.14 bits per heavy atom. The van der Waals surface area contributed by atoms with Crippen LogP contribution in [0, 0.1) is 0 Å². The Hall–Kier alpha value is -2.69. The van der Waals surface area contributed by atoms with Crippen LogP contribution in [0.3, 0.4) is 0 Å². The van der Waals surface area contributed by atoms with Crippen LogP contribution in [0.5, 0.6) is 11.5 Å². The maximum atomic E-state index is 10.1. The zero-order chi connectivity index (χ0) is 14.8. The Kier molecular flexibility index (Phi) is 3.39. The highest BCUT2D eigenvalue weighted by Crippen LogP contribution is 2.30. The van der Waals surface area contributed by atoms with Crippen molar-refractivity contribution in [2.75, 3.05) is 12.4 Å². The molecule has 0 spiro atoms.